The van der Waals surface area contributed by atoms with Crippen LogP contribution < -0.4 is 9.47 Å². The fourth-order valence-electron chi connectivity index (χ4n) is 2.93. The van der Waals surface area contributed by atoms with E-state index in [-0.39, 0.29) is 11.5 Å². The van der Waals surface area contributed by atoms with Gasteiger partial charge in [-0.1, -0.05) is 29.4 Å². The maximum atomic E-state index is 12.7. The monoisotopic (exact) mass is 427 g/mol. The van der Waals surface area contributed by atoms with Gasteiger partial charge in [-0.05, 0) is 42.5 Å². The van der Waals surface area contributed by atoms with E-state index in [0.29, 0.717) is 52.8 Å². The third-order valence-corrected chi connectivity index (χ3v) is 5.55. The van der Waals surface area contributed by atoms with Crippen molar-refractivity contribution in [2.45, 2.75) is 11.7 Å². The number of nitrogens with zero attached hydrogens (tertiary/aromatic N) is 3. The van der Waals surface area contributed by atoms with Gasteiger partial charge in [-0.15, -0.1) is 16.8 Å². The van der Waals surface area contributed by atoms with Gasteiger partial charge >= 0.3 is 0 Å². The molecule has 6 nitrogen and oxygen atoms in total. The molecule has 0 saturated heterocycles. The number of thioether (sulfide) groups is 1. The van der Waals surface area contributed by atoms with Gasteiger partial charge < -0.3 is 9.47 Å². The SMILES string of the molecule is C=CCn1c(SCC(=O)c2ccc3c(c2)OCCO3)nnc1-c1ccc(Cl)cc1. The lowest BCUT2D eigenvalue weighted by molar-refractivity contribution is 0.102. The minimum atomic E-state index is -0.0202. The molecular weight excluding hydrogens is 410 g/mol. The van der Waals surface area contributed by atoms with Crippen molar-refractivity contribution in [3.63, 3.8) is 0 Å². The van der Waals surface area contributed by atoms with Crippen molar-refractivity contribution >= 4 is 29.1 Å². The number of aromatic nitrogens is 3. The quantitative estimate of drug-likeness (QED) is 0.313. The molecule has 2 aromatic carbocycles. The maximum Gasteiger partial charge on any atom is 0.192 e. The van der Waals surface area contributed by atoms with E-state index in [1.807, 2.05) is 28.8 Å². The Balaban J connectivity index is 1.51. The minimum absolute atomic E-state index is 0.0202. The number of fused-ring (bicyclic) bond motifs is 1. The largest absolute Gasteiger partial charge is 0.486 e. The number of Topliss-reactive ketones (excluding diaryl/α,β-unsaturated/α-hetero) is 1. The molecule has 0 unspecified atom stereocenters. The molecule has 1 aromatic heterocycles. The van der Waals surface area contributed by atoms with E-state index >= 15 is 0 Å². The van der Waals surface area contributed by atoms with E-state index in [9.17, 15) is 4.79 Å². The highest BCUT2D eigenvalue weighted by Crippen LogP contribution is 2.32. The van der Waals surface area contributed by atoms with Crippen molar-refractivity contribution in [2.24, 2.45) is 0 Å². The number of hydrogen-bond donors (Lipinski definition) is 0. The van der Waals surface area contributed by atoms with Crippen LogP contribution in [0.15, 0.2) is 60.3 Å². The first-order chi connectivity index (χ1) is 14.2. The van der Waals surface area contributed by atoms with Crippen molar-refractivity contribution < 1.29 is 14.3 Å². The number of hydrogen-bond acceptors (Lipinski definition) is 6. The Hall–Kier alpha value is -2.77. The molecule has 8 heteroatoms. The van der Waals surface area contributed by atoms with E-state index in [0.717, 1.165) is 5.56 Å². The van der Waals surface area contributed by atoms with Gasteiger partial charge in [0.2, 0.25) is 0 Å². The molecule has 0 radical (unpaired) electrons. The van der Waals surface area contributed by atoms with Crippen molar-refractivity contribution in [1.82, 2.24) is 14.8 Å². The highest BCUT2D eigenvalue weighted by atomic mass is 35.5. The minimum Gasteiger partial charge on any atom is -0.486 e. The zero-order valence-corrected chi connectivity index (χ0v) is 17.1. The van der Waals surface area contributed by atoms with E-state index in [2.05, 4.69) is 16.8 Å². The third-order valence-electron chi connectivity index (χ3n) is 4.33. The summed E-state index contributed by atoms with van der Waals surface area (Å²) in [6.07, 6.45) is 1.77. The topological polar surface area (TPSA) is 66.2 Å². The molecule has 4 rings (SSSR count). The van der Waals surface area contributed by atoms with E-state index < -0.39 is 0 Å². The van der Waals surface area contributed by atoms with Crippen molar-refractivity contribution in [3.8, 4) is 22.9 Å². The molecule has 0 fully saturated rings. The average molecular weight is 428 g/mol. The summed E-state index contributed by atoms with van der Waals surface area (Å²) in [4.78, 5) is 12.7. The molecule has 0 aliphatic carbocycles. The Morgan fingerprint density at radius 2 is 1.90 bits per heavy atom. The summed E-state index contributed by atoms with van der Waals surface area (Å²) >= 11 is 7.31. The molecule has 148 valence electrons. The van der Waals surface area contributed by atoms with Gasteiger partial charge in [-0.25, -0.2) is 0 Å². The van der Waals surface area contributed by atoms with Crippen LogP contribution in [-0.4, -0.2) is 39.5 Å². The highest BCUT2D eigenvalue weighted by Gasteiger charge is 2.18. The Kier molecular flexibility index (Phi) is 5.87. The van der Waals surface area contributed by atoms with Gasteiger partial charge in [-0.3, -0.25) is 9.36 Å². The van der Waals surface area contributed by atoms with Gasteiger partial charge in [0.15, 0.2) is 28.3 Å². The molecule has 3 aromatic rings. The summed E-state index contributed by atoms with van der Waals surface area (Å²) in [5.74, 6) is 2.19. The van der Waals surface area contributed by atoms with Crippen LogP contribution >= 0.6 is 23.4 Å². The van der Waals surface area contributed by atoms with E-state index in [4.69, 9.17) is 21.1 Å². The summed E-state index contributed by atoms with van der Waals surface area (Å²) in [5.41, 5.74) is 1.48. The van der Waals surface area contributed by atoms with Crippen molar-refractivity contribution in [1.29, 1.82) is 0 Å². The Bertz CT molecular complexity index is 1050. The van der Waals surface area contributed by atoms with Crippen LogP contribution in [0.1, 0.15) is 10.4 Å². The first-order valence-electron chi connectivity index (χ1n) is 9.01. The van der Waals surface area contributed by atoms with Crippen molar-refractivity contribution in [3.05, 3.63) is 65.7 Å². The summed E-state index contributed by atoms with van der Waals surface area (Å²) in [6, 6.07) is 12.6. The predicted octanol–water partition coefficient (Wildman–Crippen LogP) is 4.53. The van der Waals surface area contributed by atoms with Crippen molar-refractivity contribution in [2.75, 3.05) is 19.0 Å². The first-order valence-corrected chi connectivity index (χ1v) is 10.4. The zero-order valence-electron chi connectivity index (χ0n) is 15.5. The molecule has 0 saturated carbocycles. The lowest BCUT2D eigenvalue weighted by Gasteiger charge is -2.18. The van der Waals surface area contributed by atoms with Gasteiger partial charge in [0, 0.05) is 22.7 Å². The lowest BCUT2D eigenvalue weighted by Crippen LogP contribution is -2.16. The maximum absolute atomic E-state index is 12.7. The number of carbonyl (C=O) groups excluding carboxylic acids is 1. The average Bonchev–Trinajstić information content (AvgIpc) is 3.15. The Morgan fingerprint density at radius 3 is 2.66 bits per heavy atom. The van der Waals surface area contributed by atoms with Crippen LogP contribution in [-0.2, 0) is 6.54 Å². The smallest absolute Gasteiger partial charge is 0.192 e. The van der Waals surface area contributed by atoms with E-state index in [1.165, 1.54) is 11.8 Å². The van der Waals surface area contributed by atoms with E-state index in [1.54, 1.807) is 24.3 Å². The number of ether oxygens (including phenoxy) is 2. The normalized spacial score (nSPS) is 12.6. The summed E-state index contributed by atoms with van der Waals surface area (Å²) in [7, 11) is 0. The van der Waals surface area contributed by atoms with Gasteiger partial charge in [-0.2, -0.15) is 0 Å². The Labute approximate surface area is 177 Å². The fourth-order valence-corrected chi connectivity index (χ4v) is 3.90. The highest BCUT2D eigenvalue weighted by molar-refractivity contribution is 7.99. The molecular formula is C21H18ClN3O3S. The second-order valence-corrected chi connectivity index (χ2v) is 7.66. The van der Waals surface area contributed by atoms with Crippen LogP contribution in [0.5, 0.6) is 11.5 Å². The molecule has 0 amide bonds. The molecule has 1 aliphatic heterocycles. The molecule has 0 bridgehead atoms. The third kappa shape index (κ3) is 4.31. The second-order valence-electron chi connectivity index (χ2n) is 6.28. The fraction of sp³-hybridized carbons (Fsp3) is 0.190. The molecule has 2 heterocycles. The number of benzene rings is 2. The van der Waals surface area contributed by atoms with Gasteiger partial charge in [0.05, 0.1) is 5.75 Å². The second kappa shape index (κ2) is 8.71. The van der Waals surface area contributed by atoms with Crippen LogP contribution in [0.4, 0.5) is 0 Å². The summed E-state index contributed by atoms with van der Waals surface area (Å²) in [5, 5.41) is 9.87. The van der Waals surface area contributed by atoms with Crippen LogP contribution in [0.3, 0.4) is 0 Å². The number of rotatable bonds is 7. The first kappa shape index (κ1) is 19.5. The molecule has 0 atom stereocenters. The van der Waals surface area contributed by atoms with Crippen LogP contribution in [0, 0.1) is 0 Å². The van der Waals surface area contributed by atoms with Crippen LogP contribution in [0.25, 0.3) is 11.4 Å². The standard InChI is InChI=1S/C21H18ClN3O3S/c1-2-9-25-20(14-3-6-16(22)7-4-14)23-24-21(25)29-13-17(26)15-5-8-18-19(12-15)28-11-10-27-18/h2-8,12H,1,9-11,13H2. The zero-order chi connectivity index (χ0) is 20.2. The predicted molar refractivity (Wildman–Crippen MR) is 113 cm³/mol. The number of carbonyl (C=O) groups is 1. The summed E-state index contributed by atoms with van der Waals surface area (Å²) < 4.78 is 13.0. The number of allylic oxidation sites excluding steroid dienone is 1. The lowest BCUT2D eigenvalue weighted by atomic mass is 10.1. The summed E-state index contributed by atoms with van der Waals surface area (Å²) in [6.45, 7) is 5.35. The molecule has 0 N–H and O–H groups in total. The van der Waals surface area contributed by atoms with Gasteiger partial charge in [0.25, 0.3) is 0 Å². The molecule has 1 aliphatic rings. The van der Waals surface area contributed by atoms with Crippen LogP contribution in [0.2, 0.25) is 5.02 Å². The number of halogens is 1. The van der Waals surface area contributed by atoms with Gasteiger partial charge in [0.1, 0.15) is 13.2 Å². The Morgan fingerprint density at radius 1 is 1.14 bits per heavy atom. The molecule has 0 spiro atoms. The molecule has 29 heavy (non-hydrogen) atoms. The number of ketones is 1.